The highest BCUT2D eigenvalue weighted by Gasteiger charge is 2.52. The van der Waals surface area contributed by atoms with Crippen molar-refractivity contribution >= 4 is 39.9 Å². The fourth-order valence-corrected chi connectivity index (χ4v) is 2.25. The van der Waals surface area contributed by atoms with Gasteiger partial charge in [0.25, 0.3) is 0 Å². The first-order chi connectivity index (χ1) is 6.70. The van der Waals surface area contributed by atoms with E-state index >= 15 is 0 Å². The largest absolute Gasteiger partial charge is 0.370 e. The molecule has 14 heavy (non-hydrogen) atoms. The van der Waals surface area contributed by atoms with E-state index in [1.807, 2.05) is 18.2 Å². The van der Waals surface area contributed by atoms with Gasteiger partial charge in [0.05, 0.1) is 11.4 Å². The van der Waals surface area contributed by atoms with E-state index in [0.29, 0.717) is 0 Å². The van der Waals surface area contributed by atoms with Crippen LogP contribution in [0.5, 0.6) is 0 Å². The Kier molecular flexibility index (Phi) is 1.60. The molecule has 0 radical (unpaired) electrons. The standard InChI is InChI=1S/C10H9IN2O/c11-6-1-2-7-8(5-6)12-9(14)10(13-7)3-4-10/h1-2,5,13H,3-4H2,(H,12,14). The predicted molar refractivity (Wildman–Crippen MR) is 63.4 cm³/mol. The number of nitrogens with one attached hydrogen (secondary N) is 2. The summed E-state index contributed by atoms with van der Waals surface area (Å²) in [6.45, 7) is 0. The summed E-state index contributed by atoms with van der Waals surface area (Å²) in [6, 6.07) is 6.05. The van der Waals surface area contributed by atoms with Gasteiger partial charge in [-0.05, 0) is 53.6 Å². The van der Waals surface area contributed by atoms with Gasteiger partial charge in [0.15, 0.2) is 0 Å². The van der Waals surface area contributed by atoms with E-state index in [-0.39, 0.29) is 11.4 Å². The van der Waals surface area contributed by atoms with E-state index in [9.17, 15) is 4.79 Å². The molecule has 0 unspecified atom stereocenters. The molecule has 1 aliphatic heterocycles. The summed E-state index contributed by atoms with van der Waals surface area (Å²) in [5.74, 6) is 0.118. The van der Waals surface area contributed by atoms with E-state index in [2.05, 4.69) is 33.2 Å². The molecular formula is C10H9IN2O. The second kappa shape index (κ2) is 2.62. The van der Waals surface area contributed by atoms with Gasteiger partial charge < -0.3 is 10.6 Å². The molecule has 0 saturated heterocycles. The Balaban J connectivity index is 2.06. The van der Waals surface area contributed by atoms with Crippen LogP contribution in [0.4, 0.5) is 11.4 Å². The number of anilines is 2. The van der Waals surface area contributed by atoms with Crippen LogP contribution in [-0.4, -0.2) is 11.4 Å². The highest BCUT2D eigenvalue weighted by Crippen LogP contribution is 2.45. The second-order valence-corrected chi connectivity index (χ2v) is 5.10. The maximum atomic E-state index is 11.7. The minimum atomic E-state index is -0.278. The first kappa shape index (κ1) is 8.52. The van der Waals surface area contributed by atoms with Gasteiger partial charge in [-0.2, -0.15) is 0 Å². The van der Waals surface area contributed by atoms with Crippen LogP contribution in [0.2, 0.25) is 0 Å². The molecule has 3 nitrogen and oxygen atoms in total. The lowest BCUT2D eigenvalue weighted by molar-refractivity contribution is -0.117. The van der Waals surface area contributed by atoms with Gasteiger partial charge in [-0.3, -0.25) is 4.79 Å². The predicted octanol–water partition coefficient (Wildman–Crippen LogP) is 2.19. The summed E-state index contributed by atoms with van der Waals surface area (Å²) in [5, 5.41) is 6.26. The summed E-state index contributed by atoms with van der Waals surface area (Å²) >= 11 is 2.24. The van der Waals surface area contributed by atoms with Crippen molar-refractivity contribution in [1.29, 1.82) is 0 Å². The molecule has 1 aromatic carbocycles. The number of halogens is 1. The normalized spacial score (nSPS) is 21.1. The summed E-state index contributed by atoms with van der Waals surface area (Å²) < 4.78 is 1.13. The average molecular weight is 300 g/mol. The monoisotopic (exact) mass is 300 g/mol. The number of carbonyl (C=O) groups is 1. The molecule has 0 bridgehead atoms. The third-order valence-corrected chi connectivity index (χ3v) is 3.46. The number of fused-ring (bicyclic) bond motifs is 1. The molecule has 4 heteroatoms. The molecule has 1 saturated carbocycles. The number of hydrogen-bond donors (Lipinski definition) is 2. The molecule has 1 aromatic rings. The second-order valence-electron chi connectivity index (χ2n) is 3.85. The zero-order valence-corrected chi connectivity index (χ0v) is 9.59. The van der Waals surface area contributed by atoms with E-state index in [1.165, 1.54) is 0 Å². The van der Waals surface area contributed by atoms with Crippen molar-refractivity contribution in [3.8, 4) is 0 Å². The average Bonchev–Trinajstić information content (AvgIpc) is 2.89. The number of carbonyl (C=O) groups excluding carboxylic acids is 1. The smallest absolute Gasteiger partial charge is 0.250 e. The van der Waals surface area contributed by atoms with Crippen LogP contribution in [0.3, 0.4) is 0 Å². The minimum absolute atomic E-state index is 0.118. The van der Waals surface area contributed by atoms with Crippen LogP contribution < -0.4 is 10.6 Å². The zero-order chi connectivity index (χ0) is 9.76. The van der Waals surface area contributed by atoms with Gasteiger partial charge in [0.2, 0.25) is 5.91 Å². The highest BCUT2D eigenvalue weighted by atomic mass is 127. The summed E-state index contributed by atoms with van der Waals surface area (Å²) in [6.07, 6.45) is 1.90. The maximum absolute atomic E-state index is 11.7. The molecule has 1 aliphatic carbocycles. The van der Waals surface area contributed by atoms with Crippen LogP contribution in [-0.2, 0) is 4.79 Å². The first-order valence-corrected chi connectivity index (χ1v) is 5.67. The fourth-order valence-electron chi connectivity index (χ4n) is 1.76. The third kappa shape index (κ3) is 1.13. The van der Waals surface area contributed by atoms with E-state index in [1.54, 1.807) is 0 Å². The topological polar surface area (TPSA) is 41.1 Å². The van der Waals surface area contributed by atoms with Crippen molar-refractivity contribution in [2.45, 2.75) is 18.4 Å². The van der Waals surface area contributed by atoms with Gasteiger partial charge in [0.1, 0.15) is 5.54 Å². The van der Waals surface area contributed by atoms with Gasteiger partial charge in [-0.25, -0.2) is 0 Å². The van der Waals surface area contributed by atoms with Gasteiger partial charge >= 0.3 is 0 Å². The number of rotatable bonds is 0. The highest BCUT2D eigenvalue weighted by molar-refractivity contribution is 14.1. The molecule has 2 N–H and O–H groups in total. The Morgan fingerprint density at radius 2 is 2.07 bits per heavy atom. The molecule has 1 fully saturated rings. The number of amides is 1. The first-order valence-electron chi connectivity index (χ1n) is 4.59. The van der Waals surface area contributed by atoms with E-state index < -0.39 is 0 Å². The van der Waals surface area contributed by atoms with Crippen molar-refractivity contribution in [3.63, 3.8) is 0 Å². The Bertz CT molecular complexity index is 426. The van der Waals surface area contributed by atoms with Crippen LogP contribution in [0, 0.1) is 3.57 Å². The molecule has 72 valence electrons. The minimum Gasteiger partial charge on any atom is -0.370 e. The fraction of sp³-hybridized carbons (Fsp3) is 0.300. The zero-order valence-electron chi connectivity index (χ0n) is 7.43. The molecular weight excluding hydrogens is 291 g/mol. The van der Waals surface area contributed by atoms with Crippen molar-refractivity contribution in [1.82, 2.24) is 0 Å². The van der Waals surface area contributed by atoms with Crippen LogP contribution >= 0.6 is 22.6 Å². The van der Waals surface area contributed by atoms with Crippen molar-refractivity contribution < 1.29 is 4.79 Å². The Morgan fingerprint density at radius 1 is 1.29 bits per heavy atom. The van der Waals surface area contributed by atoms with Gasteiger partial charge in [0, 0.05) is 3.57 Å². The molecule has 0 atom stereocenters. The van der Waals surface area contributed by atoms with Crippen molar-refractivity contribution in [2.75, 3.05) is 10.6 Å². The number of hydrogen-bond acceptors (Lipinski definition) is 2. The van der Waals surface area contributed by atoms with Crippen LogP contribution in [0.15, 0.2) is 18.2 Å². The summed E-state index contributed by atoms with van der Waals surface area (Å²) in [7, 11) is 0. The Labute approximate surface area is 95.4 Å². The summed E-state index contributed by atoms with van der Waals surface area (Å²) in [5.41, 5.74) is 1.67. The van der Waals surface area contributed by atoms with Crippen LogP contribution in [0.1, 0.15) is 12.8 Å². The lowest BCUT2D eigenvalue weighted by Gasteiger charge is -2.26. The maximum Gasteiger partial charge on any atom is 0.250 e. The Morgan fingerprint density at radius 3 is 2.79 bits per heavy atom. The quantitative estimate of drug-likeness (QED) is 0.721. The third-order valence-electron chi connectivity index (χ3n) is 2.79. The SMILES string of the molecule is O=C1Nc2cc(I)ccc2NC12CC2. The summed E-state index contributed by atoms with van der Waals surface area (Å²) in [4.78, 5) is 11.7. The lowest BCUT2D eigenvalue weighted by Crippen LogP contribution is -2.40. The van der Waals surface area contributed by atoms with Crippen molar-refractivity contribution in [2.24, 2.45) is 0 Å². The molecule has 1 spiro atoms. The van der Waals surface area contributed by atoms with Crippen molar-refractivity contribution in [3.05, 3.63) is 21.8 Å². The lowest BCUT2D eigenvalue weighted by atomic mass is 10.1. The molecule has 1 heterocycles. The number of benzene rings is 1. The van der Waals surface area contributed by atoms with E-state index in [0.717, 1.165) is 27.8 Å². The van der Waals surface area contributed by atoms with E-state index in [4.69, 9.17) is 0 Å². The molecule has 0 aromatic heterocycles. The Hall–Kier alpha value is -0.780. The van der Waals surface area contributed by atoms with Gasteiger partial charge in [-0.15, -0.1) is 0 Å². The molecule has 2 aliphatic rings. The van der Waals surface area contributed by atoms with Crippen LogP contribution in [0.25, 0.3) is 0 Å². The molecule has 1 amide bonds. The van der Waals surface area contributed by atoms with Gasteiger partial charge in [-0.1, -0.05) is 0 Å². The molecule has 3 rings (SSSR count).